The van der Waals surface area contributed by atoms with Crippen LogP contribution in [0.25, 0.3) is 6.08 Å². The fourth-order valence-electron chi connectivity index (χ4n) is 3.14. The highest BCUT2D eigenvalue weighted by atomic mass is 19.1. The second-order valence-electron chi connectivity index (χ2n) is 6.55. The van der Waals surface area contributed by atoms with E-state index in [9.17, 15) is 9.18 Å². The zero-order valence-corrected chi connectivity index (χ0v) is 15.2. The fourth-order valence-corrected chi connectivity index (χ4v) is 3.14. The molecule has 0 aliphatic carbocycles. The molecule has 26 heavy (non-hydrogen) atoms. The Kier molecular flexibility index (Phi) is 5.83. The number of oxazole rings is 1. The summed E-state index contributed by atoms with van der Waals surface area (Å²) >= 11 is 0. The summed E-state index contributed by atoms with van der Waals surface area (Å²) in [6.45, 7) is 7.49. The minimum absolute atomic E-state index is 0.0770. The van der Waals surface area contributed by atoms with Gasteiger partial charge in [-0.05, 0) is 31.0 Å². The molecule has 0 radical (unpaired) electrons. The smallest absolute Gasteiger partial charge is 0.291 e. The third-order valence-electron chi connectivity index (χ3n) is 4.52. The van der Waals surface area contributed by atoms with Crippen LogP contribution in [-0.4, -0.2) is 53.4 Å². The lowest BCUT2D eigenvalue weighted by atomic mass is 10.2. The van der Waals surface area contributed by atoms with Gasteiger partial charge >= 0.3 is 0 Å². The van der Waals surface area contributed by atoms with E-state index in [2.05, 4.69) is 16.0 Å². The molecule has 1 fully saturated rings. The normalized spacial score (nSPS) is 16.2. The van der Waals surface area contributed by atoms with E-state index in [0.29, 0.717) is 23.9 Å². The van der Waals surface area contributed by atoms with Gasteiger partial charge in [0.15, 0.2) is 5.89 Å². The molecule has 0 unspecified atom stereocenters. The molecule has 5 nitrogen and oxygen atoms in total. The Morgan fingerprint density at radius 1 is 1.19 bits per heavy atom. The topological polar surface area (TPSA) is 49.6 Å². The molecule has 1 aromatic heterocycles. The zero-order valence-electron chi connectivity index (χ0n) is 15.2. The number of hydrogen-bond acceptors (Lipinski definition) is 4. The summed E-state index contributed by atoms with van der Waals surface area (Å²) in [4.78, 5) is 21.0. The maximum absolute atomic E-state index is 12.9. The second kappa shape index (κ2) is 8.27. The predicted molar refractivity (Wildman–Crippen MR) is 98.4 cm³/mol. The van der Waals surface area contributed by atoms with Crippen LogP contribution in [0.1, 0.15) is 34.1 Å². The van der Waals surface area contributed by atoms with Gasteiger partial charge in [-0.25, -0.2) is 9.37 Å². The highest BCUT2D eigenvalue weighted by Crippen LogP contribution is 2.14. The Hall–Kier alpha value is -2.47. The van der Waals surface area contributed by atoms with Gasteiger partial charge < -0.3 is 9.32 Å². The van der Waals surface area contributed by atoms with Crippen LogP contribution in [0, 0.1) is 19.7 Å². The molecule has 1 aliphatic rings. The number of amides is 1. The summed E-state index contributed by atoms with van der Waals surface area (Å²) in [6, 6.07) is 6.44. The lowest BCUT2D eigenvalue weighted by Crippen LogP contribution is -2.35. The third kappa shape index (κ3) is 4.58. The molecule has 0 saturated carbocycles. The Morgan fingerprint density at radius 3 is 2.65 bits per heavy atom. The van der Waals surface area contributed by atoms with Crippen LogP contribution in [0.3, 0.4) is 0 Å². The van der Waals surface area contributed by atoms with E-state index >= 15 is 0 Å². The van der Waals surface area contributed by atoms with E-state index in [4.69, 9.17) is 4.42 Å². The lowest BCUT2D eigenvalue weighted by Gasteiger charge is -2.20. The number of carbonyl (C=O) groups is 1. The van der Waals surface area contributed by atoms with Crippen molar-refractivity contribution in [1.29, 1.82) is 0 Å². The van der Waals surface area contributed by atoms with Crippen molar-refractivity contribution in [3.63, 3.8) is 0 Å². The van der Waals surface area contributed by atoms with Gasteiger partial charge in [0.05, 0.1) is 5.69 Å². The maximum Gasteiger partial charge on any atom is 0.291 e. The highest BCUT2D eigenvalue weighted by Gasteiger charge is 2.24. The number of aryl methyl sites for hydroxylation is 2. The van der Waals surface area contributed by atoms with Gasteiger partial charge in [0.1, 0.15) is 5.82 Å². The van der Waals surface area contributed by atoms with Crippen LogP contribution in [0.4, 0.5) is 4.39 Å². The van der Waals surface area contributed by atoms with Gasteiger partial charge in [-0.1, -0.05) is 24.3 Å². The maximum atomic E-state index is 12.9. The van der Waals surface area contributed by atoms with Crippen molar-refractivity contribution in [2.24, 2.45) is 0 Å². The average Bonchev–Trinajstić information content (AvgIpc) is 2.82. The first-order chi connectivity index (χ1) is 12.5. The van der Waals surface area contributed by atoms with Gasteiger partial charge in [0.25, 0.3) is 5.91 Å². The number of rotatable bonds is 4. The molecular weight excluding hydrogens is 333 g/mol. The number of halogens is 1. The monoisotopic (exact) mass is 357 g/mol. The van der Waals surface area contributed by atoms with Crippen molar-refractivity contribution >= 4 is 12.0 Å². The zero-order chi connectivity index (χ0) is 18.5. The molecule has 1 amide bonds. The minimum Gasteiger partial charge on any atom is -0.436 e. The lowest BCUT2D eigenvalue weighted by molar-refractivity contribution is 0.0728. The molecule has 0 bridgehead atoms. The Balaban J connectivity index is 1.54. The first-order valence-electron chi connectivity index (χ1n) is 8.90. The molecule has 138 valence electrons. The average molecular weight is 357 g/mol. The second-order valence-corrected chi connectivity index (χ2v) is 6.55. The molecule has 1 saturated heterocycles. The number of aromatic nitrogens is 1. The molecule has 0 spiro atoms. The largest absolute Gasteiger partial charge is 0.436 e. The van der Waals surface area contributed by atoms with Gasteiger partial charge in [-0.15, -0.1) is 0 Å². The summed E-state index contributed by atoms with van der Waals surface area (Å²) in [5.74, 6) is 0.573. The summed E-state index contributed by atoms with van der Waals surface area (Å²) < 4.78 is 18.4. The van der Waals surface area contributed by atoms with E-state index in [1.54, 1.807) is 26.0 Å². The number of carbonyl (C=O) groups excluding carboxylic acids is 1. The van der Waals surface area contributed by atoms with Crippen molar-refractivity contribution in [2.45, 2.75) is 20.3 Å². The molecule has 2 aromatic rings. The van der Waals surface area contributed by atoms with E-state index < -0.39 is 0 Å². The SMILES string of the molecule is Cc1nc(C)c(C(=O)N2CCCN(C/C=C/c3ccc(F)cc3)CC2)o1. The van der Waals surface area contributed by atoms with Crippen LogP contribution >= 0.6 is 0 Å². The van der Waals surface area contributed by atoms with Crippen molar-refractivity contribution < 1.29 is 13.6 Å². The van der Waals surface area contributed by atoms with Crippen LogP contribution in [0.15, 0.2) is 34.8 Å². The van der Waals surface area contributed by atoms with Gasteiger partial charge in [0.2, 0.25) is 5.76 Å². The van der Waals surface area contributed by atoms with Crippen LogP contribution < -0.4 is 0 Å². The van der Waals surface area contributed by atoms with Gasteiger partial charge in [0, 0.05) is 39.6 Å². The molecule has 0 N–H and O–H groups in total. The minimum atomic E-state index is -0.225. The van der Waals surface area contributed by atoms with Crippen molar-refractivity contribution in [3.8, 4) is 0 Å². The van der Waals surface area contributed by atoms with Crippen LogP contribution in [-0.2, 0) is 0 Å². The summed E-state index contributed by atoms with van der Waals surface area (Å²) in [7, 11) is 0. The standard InChI is InChI=1S/C20H24FN3O2/c1-15-19(26-16(2)22-15)20(25)24-12-4-11-23(13-14-24)10-3-5-17-6-8-18(21)9-7-17/h3,5-9H,4,10-14H2,1-2H3/b5-3+. The van der Waals surface area contributed by atoms with E-state index in [1.165, 1.54) is 12.1 Å². The van der Waals surface area contributed by atoms with Crippen molar-refractivity contribution in [1.82, 2.24) is 14.8 Å². The Labute approximate surface area is 153 Å². The van der Waals surface area contributed by atoms with Gasteiger partial charge in [-0.2, -0.15) is 0 Å². The van der Waals surface area contributed by atoms with Crippen molar-refractivity contribution in [3.05, 3.63) is 59.1 Å². The predicted octanol–water partition coefficient (Wildman–Crippen LogP) is 3.29. The Morgan fingerprint density at radius 2 is 1.96 bits per heavy atom. The van der Waals surface area contributed by atoms with Crippen LogP contribution in [0.5, 0.6) is 0 Å². The first kappa shape index (κ1) is 18.3. The number of hydrogen-bond donors (Lipinski definition) is 0. The molecule has 2 heterocycles. The fraction of sp³-hybridized carbons (Fsp3) is 0.400. The molecule has 3 rings (SSSR count). The van der Waals surface area contributed by atoms with Gasteiger partial charge in [-0.3, -0.25) is 9.69 Å². The molecule has 0 atom stereocenters. The van der Waals surface area contributed by atoms with E-state index in [-0.39, 0.29) is 11.7 Å². The Bertz CT molecular complexity index is 783. The molecule has 1 aliphatic heterocycles. The number of benzene rings is 1. The van der Waals surface area contributed by atoms with Crippen LogP contribution in [0.2, 0.25) is 0 Å². The summed E-state index contributed by atoms with van der Waals surface area (Å²) in [6.07, 6.45) is 4.99. The van der Waals surface area contributed by atoms with E-state index in [0.717, 1.165) is 38.2 Å². The van der Waals surface area contributed by atoms with E-state index in [1.807, 2.05) is 11.0 Å². The highest BCUT2D eigenvalue weighted by molar-refractivity contribution is 5.92. The third-order valence-corrected chi connectivity index (χ3v) is 4.52. The molecular formula is C20H24FN3O2. The molecule has 6 heteroatoms. The van der Waals surface area contributed by atoms with Crippen molar-refractivity contribution in [2.75, 3.05) is 32.7 Å². The molecule has 1 aromatic carbocycles. The summed E-state index contributed by atoms with van der Waals surface area (Å²) in [5, 5.41) is 0. The first-order valence-corrected chi connectivity index (χ1v) is 8.90. The summed E-state index contributed by atoms with van der Waals surface area (Å²) in [5.41, 5.74) is 1.63. The quantitative estimate of drug-likeness (QED) is 0.842. The number of nitrogens with zero attached hydrogens (tertiary/aromatic N) is 3.